The zero-order valence-electron chi connectivity index (χ0n) is 14.4. The molecule has 0 atom stereocenters. The first-order valence-corrected chi connectivity index (χ1v) is 8.27. The lowest BCUT2D eigenvalue weighted by Crippen LogP contribution is -2.49. The lowest BCUT2D eigenvalue weighted by atomic mass is 10.1. The molecule has 132 valence electrons. The maximum absolute atomic E-state index is 12.8. The van der Waals surface area contributed by atoms with Crippen LogP contribution in [0.5, 0.6) is 0 Å². The van der Waals surface area contributed by atoms with Crippen molar-refractivity contribution in [3.63, 3.8) is 0 Å². The number of nitrogens with two attached hydrogens (primary N) is 1. The van der Waals surface area contributed by atoms with Gasteiger partial charge in [0.1, 0.15) is 17.1 Å². The van der Waals surface area contributed by atoms with E-state index < -0.39 is 5.91 Å². The van der Waals surface area contributed by atoms with Gasteiger partial charge >= 0.3 is 0 Å². The molecule has 1 saturated heterocycles. The van der Waals surface area contributed by atoms with Crippen LogP contribution in [0.4, 0.5) is 5.82 Å². The van der Waals surface area contributed by atoms with Gasteiger partial charge in [0.05, 0.1) is 11.3 Å². The molecule has 2 aromatic rings. The smallest absolute Gasteiger partial charge is 0.259 e. The van der Waals surface area contributed by atoms with Gasteiger partial charge in [-0.2, -0.15) is 0 Å². The van der Waals surface area contributed by atoms with E-state index in [1.54, 1.807) is 30.2 Å². The number of piperazine rings is 1. The number of nitrogens with zero attached hydrogens (tertiary/aromatic N) is 4. The third-order valence-corrected chi connectivity index (χ3v) is 4.40. The van der Waals surface area contributed by atoms with Gasteiger partial charge in [-0.1, -0.05) is 12.1 Å². The Balaban J connectivity index is 1.73. The Morgan fingerprint density at radius 3 is 2.64 bits per heavy atom. The zero-order chi connectivity index (χ0) is 18.0. The molecule has 8 heteroatoms. The number of aryl methyl sites for hydroxylation is 2. The summed E-state index contributed by atoms with van der Waals surface area (Å²) in [5, 5.41) is 3.95. The van der Waals surface area contributed by atoms with Gasteiger partial charge in [0.15, 0.2) is 0 Å². The molecular formula is C17H21N5O3. The summed E-state index contributed by atoms with van der Waals surface area (Å²) >= 11 is 0. The summed E-state index contributed by atoms with van der Waals surface area (Å²) in [5.41, 5.74) is 7.06. The van der Waals surface area contributed by atoms with Crippen molar-refractivity contribution in [1.29, 1.82) is 0 Å². The summed E-state index contributed by atoms with van der Waals surface area (Å²) in [4.78, 5) is 32.4. The van der Waals surface area contributed by atoms with Crippen molar-refractivity contribution < 1.29 is 14.1 Å². The molecule has 2 aromatic heterocycles. The van der Waals surface area contributed by atoms with Gasteiger partial charge in [0, 0.05) is 32.4 Å². The first-order valence-electron chi connectivity index (χ1n) is 8.27. The second-order valence-electron chi connectivity index (χ2n) is 5.93. The summed E-state index contributed by atoms with van der Waals surface area (Å²) in [7, 11) is 0. The molecule has 0 unspecified atom stereocenters. The van der Waals surface area contributed by atoms with Gasteiger partial charge in [-0.05, 0) is 25.5 Å². The molecular weight excluding hydrogens is 322 g/mol. The van der Waals surface area contributed by atoms with Crippen molar-refractivity contribution >= 4 is 17.6 Å². The van der Waals surface area contributed by atoms with E-state index in [0.717, 1.165) is 0 Å². The highest BCUT2D eigenvalue weighted by molar-refractivity contribution is 5.98. The predicted octanol–water partition coefficient (Wildman–Crippen LogP) is 1.00. The molecule has 0 spiro atoms. The van der Waals surface area contributed by atoms with Crippen LogP contribution in [0.1, 0.15) is 39.1 Å². The van der Waals surface area contributed by atoms with Gasteiger partial charge in [-0.3, -0.25) is 9.59 Å². The van der Waals surface area contributed by atoms with Crippen molar-refractivity contribution in [3.05, 3.63) is 40.9 Å². The number of rotatable bonds is 4. The average Bonchev–Trinajstić information content (AvgIpc) is 3.02. The Morgan fingerprint density at radius 1 is 1.28 bits per heavy atom. The molecule has 3 rings (SSSR count). The zero-order valence-corrected chi connectivity index (χ0v) is 14.4. The maximum atomic E-state index is 12.8. The maximum Gasteiger partial charge on any atom is 0.259 e. The second kappa shape index (κ2) is 6.92. The van der Waals surface area contributed by atoms with Gasteiger partial charge in [0.25, 0.3) is 11.8 Å². The molecule has 2 N–H and O–H groups in total. The van der Waals surface area contributed by atoms with Crippen LogP contribution in [-0.4, -0.2) is 53.0 Å². The quantitative estimate of drug-likeness (QED) is 0.888. The SMILES string of the molecule is CCc1noc(C)c1C(=O)N1CCN(c2ncccc2C(N)=O)CC1. The molecule has 1 aliphatic rings. The van der Waals surface area contributed by atoms with Gasteiger partial charge in [-0.25, -0.2) is 4.98 Å². The normalized spacial score (nSPS) is 14.6. The minimum absolute atomic E-state index is 0.0635. The minimum atomic E-state index is -0.505. The Hall–Kier alpha value is -2.90. The monoisotopic (exact) mass is 343 g/mol. The third-order valence-electron chi connectivity index (χ3n) is 4.40. The number of aromatic nitrogens is 2. The fourth-order valence-electron chi connectivity index (χ4n) is 3.05. The van der Waals surface area contributed by atoms with Crippen molar-refractivity contribution in [2.24, 2.45) is 5.73 Å². The van der Waals surface area contributed by atoms with E-state index in [0.29, 0.717) is 61.0 Å². The molecule has 2 amide bonds. The average molecular weight is 343 g/mol. The predicted molar refractivity (Wildman–Crippen MR) is 91.5 cm³/mol. The second-order valence-corrected chi connectivity index (χ2v) is 5.93. The molecule has 0 bridgehead atoms. The summed E-state index contributed by atoms with van der Waals surface area (Å²) < 4.78 is 5.16. The van der Waals surface area contributed by atoms with Gasteiger partial charge in [-0.15, -0.1) is 0 Å². The number of anilines is 1. The molecule has 3 heterocycles. The summed E-state index contributed by atoms with van der Waals surface area (Å²) in [6, 6.07) is 3.35. The van der Waals surface area contributed by atoms with E-state index in [9.17, 15) is 9.59 Å². The summed E-state index contributed by atoms with van der Waals surface area (Å²) in [6.07, 6.45) is 2.28. The third kappa shape index (κ3) is 3.19. The highest BCUT2D eigenvalue weighted by Gasteiger charge is 2.28. The first kappa shape index (κ1) is 16.9. The summed E-state index contributed by atoms with van der Waals surface area (Å²) in [6.45, 7) is 5.91. The number of carbonyl (C=O) groups excluding carboxylic acids is 2. The minimum Gasteiger partial charge on any atom is -0.365 e. The van der Waals surface area contributed by atoms with E-state index >= 15 is 0 Å². The van der Waals surface area contributed by atoms with Crippen LogP contribution in [0.2, 0.25) is 0 Å². The van der Waals surface area contributed by atoms with Gasteiger partial charge < -0.3 is 20.1 Å². The van der Waals surface area contributed by atoms with E-state index in [1.165, 1.54) is 0 Å². The molecule has 0 radical (unpaired) electrons. The van der Waals surface area contributed by atoms with E-state index in [2.05, 4.69) is 10.1 Å². The summed E-state index contributed by atoms with van der Waals surface area (Å²) in [5.74, 6) is 0.545. The fraction of sp³-hybridized carbons (Fsp3) is 0.412. The number of hydrogen-bond acceptors (Lipinski definition) is 6. The number of pyridine rings is 1. The molecule has 1 fully saturated rings. The fourth-order valence-corrected chi connectivity index (χ4v) is 3.05. The van der Waals surface area contributed by atoms with E-state index in [-0.39, 0.29) is 5.91 Å². The van der Waals surface area contributed by atoms with Crippen LogP contribution >= 0.6 is 0 Å². The topological polar surface area (TPSA) is 106 Å². The molecule has 0 aromatic carbocycles. The Labute approximate surface area is 145 Å². The van der Waals surface area contributed by atoms with Crippen molar-refractivity contribution in [3.8, 4) is 0 Å². The molecule has 0 saturated carbocycles. The lowest BCUT2D eigenvalue weighted by molar-refractivity contribution is 0.0743. The van der Waals surface area contributed by atoms with Crippen LogP contribution in [-0.2, 0) is 6.42 Å². The largest absolute Gasteiger partial charge is 0.365 e. The molecule has 1 aliphatic heterocycles. The van der Waals surface area contributed by atoms with Crippen LogP contribution < -0.4 is 10.6 Å². The Kier molecular flexibility index (Phi) is 4.69. The van der Waals surface area contributed by atoms with Crippen molar-refractivity contribution in [2.45, 2.75) is 20.3 Å². The highest BCUT2D eigenvalue weighted by atomic mass is 16.5. The Bertz CT molecular complexity index is 793. The van der Waals surface area contributed by atoms with Crippen LogP contribution in [0.15, 0.2) is 22.9 Å². The van der Waals surface area contributed by atoms with Crippen molar-refractivity contribution in [2.75, 3.05) is 31.1 Å². The molecule has 25 heavy (non-hydrogen) atoms. The number of hydrogen-bond donors (Lipinski definition) is 1. The van der Waals surface area contributed by atoms with Crippen LogP contribution in [0.25, 0.3) is 0 Å². The van der Waals surface area contributed by atoms with Crippen molar-refractivity contribution in [1.82, 2.24) is 15.0 Å². The number of primary amides is 1. The molecule has 0 aliphatic carbocycles. The number of carbonyl (C=O) groups is 2. The standard InChI is InChI=1S/C17H21N5O3/c1-3-13-14(11(2)25-20-13)17(24)22-9-7-21(8-10-22)16-12(15(18)23)5-4-6-19-16/h4-6H,3,7-10H2,1-2H3,(H2,18,23). The van der Waals surface area contributed by atoms with E-state index in [4.69, 9.17) is 10.3 Å². The van der Waals surface area contributed by atoms with Crippen LogP contribution in [0, 0.1) is 6.92 Å². The number of amides is 2. The van der Waals surface area contributed by atoms with Gasteiger partial charge in [0.2, 0.25) is 0 Å². The first-order chi connectivity index (χ1) is 12.0. The lowest BCUT2D eigenvalue weighted by Gasteiger charge is -2.36. The van der Waals surface area contributed by atoms with Crippen LogP contribution in [0.3, 0.4) is 0 Å². The molecule has 8 nitrogen and oxygen atoms in total. The Morgan fingerprint density at radius 2 is 2.00 bits per heavy atom. The van der Waals surface area contributed by atoms with E-state index in [1.807, 2.05) is 11.8 Å². The highest BCUT2D eigenvalue weighted by Crippen LogP contribution is 2.21.